The zero-order valence-electron chi connectivity index (χ0n) is 19.0. The predicted octanol–water partition coefficient (Wildman–Crippen LogP) is 3.11. The zero-order valence-corrected chi connectivity index (χ0v) is 19.0. The van der Waals surface area contributed by atoms with Crippen molar-refractivity contribution in [1.82, 2.24) is 15.0 Å². The second-order valence-corrected chi connectivity index (χ2v) is 8.56. The van der Waals surface area contributed by atoms with Crippen molar-refractivity contribution in [3.63, 3.8) is 0 Å². The maximum atomic E-state index is 12.2. The Kier molecular flexibility index (Phi) is 5.83. The Morgan fingerprint density at radius 2 is 1.91 bits per heavy atom. The molecule has 0 aromatic carbocycles. The molecule has 0 unspecified atom stereocenters. The number of rotatable bonds is 6. The summed E-state index contributed by atoms with van der Waals surface area (Å²) in [7, 11) is 3.20. The van der Waals surface area contributed by atoms with Crippen LogP contribution in [0.15, 0.2) is 30.6 Å². The number of hydrogen-bond acceptors (Lipinski definition) is 8. The van der Waals surface area contributed by atoms with Gasteiger partial charge in [0, 0.05) is 48.8 Å². The molecule has 0 radical (unpaired) electrons. The Balaban J connectivity index is 1.75. The van der Waals surface area contributed by atoms with E-state index in [4.69, 9.17) is 24.9 Å². The number of ether oxygens (including phenoxy) is 3. The monoisotopic (exact) mass is 436 g/mol. The van der Waals surface area contributed by atoms with Gasteiger partial charge in [0.1, 0.15) is 6.10 Å². The molecule has 3 aromatic heterocycles. The van der Waals surface area contributed by atoms with Gasteiger partial charge in [-0.25, -0.2) is 9.78 Å². The Hall–Kier alpha value is -3.10. The lowest BCUT2D eigenvalue weighted by Gasteiger charge is -2.27. The number of carbonyl (C=O) groups excluding carboxylic acids is 1. The normalized spacial score (nSPS) is 19.9. The van der Waals surface area contributed by atoms with Crippen LogP contribution < -0.4 is 10.5 Å². The number of fused-ring (bicyclic) bond motifs is 2. The highest BCUT2D eigenvalue weighted by Gasteiger charge is 2.31. The minimum absolute atomic E-state index is 0.0288. The third-order valence-electron chi connectivity index (χ3n) is 6.04. The molecule has 32 heavy (non-hydrogen) atoms. The third-order valence-corrected chi connectivity index (χ3v) is 6.04. The highest BCUT2D eigenvalue weighted by Crippen LogP contribution is 2.33. The Morgan fingerprint density at radius 3 is 2.62 bits per heavy atom. The smallest absolute Gasteiger partial charge is 0.340 e. The number of esters is 1. The average Bonchev–Trinajstić information content (AvgIpc) is 2.76. The fourth-order valence-electron chi connectivity index (χ4n) is 4.12. The Labute approximate surface area is 187 Å². The standard InChI is InChI=1S/C24H28N4O4/c1-13-14(2)32-23(29)17-7-6-15(28-21(13)17)8-16-9-18-19(10-26-16)22(31-5)27-11-20(18)24(3,25)12-30-4/h6-7,9-11,13-14H,8,12,25H2,1-5H3/t13-,14-,24-/m0/s1. The molecule has 0 aliphatic carbocycles. The number of pyridine rings is 3. The van der Waals surface area contributed by atoms with Gasteiger partial charge in [0.25, 0.3) is 0 Å². The average molecular weight is 437 g/mol. The van der Waals surface area contributed by atoms with Gasteiger partial charge in [-0.2, -0.15) is 0 Å². The van der Waals surface area contributed by atoms with Gasteiger partial charge in [-0.3, -0.25) is 9.97 Å². The van der Waals surface area contributed by atoms with E-state index in [0.717, 1.165) is 33.4 Å². The van der Waals surface area contributed by atoms with Crippen LogP contribution in [-0.2, 0) is 21.4 Å². The molecule has 3 aromatic rings. The zero-order chi connectivity index (χ0) is 23.0. The van der Waals surface area contributed by atoms with Crippen LogP contribution in [0.1, 0.15) is 59.7 Å². The maximum Gasteiger partial charge on any atom is 0.340 e. The van der Waals surface area contributed by atoms with Gasteiger partial charge in [0.2, 0.25) is 5.88 Å². The maximum absolute atomic E-state index is 12.2. The molecule has 0 bridgehead atoms. The van der Waals surface area contributed by atoms with Gasteiger partial charge in [-0.1, -0.05) is 6.92 Å². The molecule has 0 spiro atoms. The van der Waals surface area contributed by atoms with Crippen molar-refractivity contribution < 1.29 is 19.0 Å². The summed E-state index contributed by atoms with van der Waals surface area (Å²) in [5.74, 6) is 0.198. The first-order chi connectivity index (χ1) is 15.2. The van der Waals surface area contributed by atoms with Gasteiger partial charge < -0.3 is 19.9 Å². The lowest BCUT2D eigenvalue weighted by Crippen LogP contribution is -2.38. The van der Waals surface area contributed by atoms with E-state index in [2.05, 4.69) is 9.97 Å². The van der Waals surface area contributed by atoms with Crippen LogP contribution in [0.2, 0.25) is 0 Å². The second-order valence-electron chi connectivity index (χ2n) is 8.56. The van der Waals surface area contributed by atoms with Crippen LogP contribution >= 0.6 is 0 Å². The molecule has 4 rings (SSSR count). The molecule has 168 valence electrons. The van der Waals surface area contributed by atoms with E-state index >= 15 is 0 Å². The fraction of sp³-hybridized carbons (Fsp3) is 0.417. The van der Waals surface area contributed by atoms with E-state index in [9.17, 15) is 4.79 Å². The number of hydrogen-bond donors (Lipinski definition) is 1. The first kappa shape index (κ1) is 22.1. The van der Waals surface area contributed by atoms with E-state index in [-0.39, 0.29) is 18.0 Å². The van der Waals surface area contributed by atoms with Crippen molar-refractivity contribution in [2.24, 2.45) is 5.73 Å². The van der Waals surface area contributed by atoms with Gasteiger partial charge in [-0.05, 0) is 37.4 Å². The van der Waals surface area contributed by atoms with E-state index < -0.39 is 5.54 Å². The van der Waals surface area contributed by atoms with Crippen molar-refractivity contribution in [2.45, 2.75) is 44.8 Å². The lowest BCUT2D eigenvalue weighted by atomic mass is 9.91. The number of carbonyl (C=O) groups is 1. The van der Waals surface area contributed by atoms with Gasteiger partial charge in [0.15, 0.2) is 0 Å². The van der Waals surface area contributed by atoms with Crippen LogP contribution in [0, 0.1) is 0 Å². The second kappa shape index (κ2) is 8.44. The first-order valence-corrected chi connectivity index (χ1v) is 10.6. The van der Waals surface area contributed by atoms with Crippen LogP contribution in [0.25, 0.3) is 10.8 Å². The predicted molar refractivity (Wildman–Crippen MR) is 120 cm³/mol. The molecule has 4 heterocycles. The van der Waals surface area contributed by atoms with E-state index in [0.29, 0.717) is 24.5 Å². The van der Waals surface area contributed by atoms with Crippen molar-refractivity contribution in [3.05, 3.63) is 58.8 Å². The SMILES string of the molecule is COC[C@](C)(N)c1cnc(OC)c2cnc(Cc3ccc4c(n3)[C@@H](C)[C@H](C)OC4=O)cc12. The summed E-state index contributed by atoms with van der Waals surface area (Å²) in [6.07, 6.45) is 3.79. The number of cyclic esters (lactones) is 1. The number of nitrogens with zero attached hydrogens (tertiary/aromatic N) is 3. The number of nitrogens with two attached hydrogens (primary N) is 1. The van der Waals surface area contributed by atoms with E-state index in [1.54, 1.807) is 32.7 Å². The Morgan fingerprint density at radius 1 is 1.12 bits per heavy atom. The van der Waals surface area contributed by atoms with Crippen LogP contribution in [-0.4, -0.2) is 47.9 Å². The highest BCUT2D eigenvalue weighted by atomic mass is 16.5. The molecular formula is C24H28N4O4. The summed E-state index contributed by atoms with van der Waals surface area (Å²) in [4.78, 5) is 26.0. The highest BCUT2D eigenvalue weighted by molar-refractivity contribution is 5.92. The quantitative estimate of drug-likeness (QED) is 0.587. The minimum atomic E-state index is -0.735. The molecular weight excluding hydrogens is 408 g/mol. The molecule has 1 aliphatic rings. The van der Waals surface area contributed by atoms with Crippen molar-refractivity contribution in [3.8, 4) is 5.88 Å². The molecule has 0 amide bonds. The molecule has 0 saturated heterocycles. The molecule has 8 nitrogen and oxygen atoms in total. The van der Waals surface area contributed by atoms with Crippen LogP contribution in [0.3, 0.4) is 0 Å². The third kappa shape index (κ3) is 3.91. The lowest BCUT2D eigenvalue weighted by molar-refractivity contribution is 0.0234. The van der Waals surface area contributed by atoms with Crippen molar-refractivity contribution >= 4 is 16.7 Å². The number of aromatic nitrogens is 3. The van der Waals surface area contributed by atoms with Gasteiger partial charge in [0.05, 0.1) is 35.9 Å². The molecule has 3 atom stereocenters. The largest absolute Gasteiger partial charge is 0.481 e. The fourth-order valence-corrected chi connectivity index (χ4v) is 4.12. The summed E-state index contributed by atoms with van der Waals surface area (Å²) >= 11 is 0. The molecule has 0 saturated carbocycles. The summed E-state index contributed by atoms with van der Waals surface area (Å²) in [5.41, 5.74) is 9.62. The van der Waals surface area contributed by atoms with Crippen LogP contribution in [0.4, 0.5) is 0 Å². The van der Waals surface area contributed by atoms with E-state index in [1.807, 2.05) is 32.9 Å². The summed E-state index contributed by atoms with van der Waals surface area (Å²) in [6, 6.07) is 5.63. The number of methoxy groups -OCH3 is 2. The minimum Gasteiger partial charge on any atom is -0.481 e. The van der Waals surface area contributed by atoms with Gasteiger partial charge in [-0.15, -0.1) is 0 Å². The molecule has 1 aliphatic heterocycles. The topological polar surface area (TPSA) is 109 Å². The van der Waals surface area contributed by atoms with Gasteiger partial charge >= 0.3 is 5.97 Å². The first-order valence-electron chi connectivity index (χ1n) is 10.6. The Bertz CT molecular complexity index is 1180. The van der Waals surface area contributed by atoms with E-state index in [1.165, 1.54) is 0 Å². The summed E-state index contributed by atoms with van der Waals surface area (Å²) < 4.78 is 16.1. The summed E-state index contributed by atoms with van der Waals surface area (Å²) in [5, 5.41) is 1.69. The van der Waals surface area contributed by atoms with Crippen molar-refractivity contribution in [2.75, 3.05) is 20.8 Å². The summed E-state index contributed by atoms with van der Waals surface area (Å²) in [6.45, 7) is 6.15. The molecule has 8 heteroatoms. The van der Waals surface area contributed by atoms with Crippen molar-refractivity contribution in [1.29, 1.82) is 0 Å². The molecule has 0 fully saturated rings. The van der Waals surface area contributed by atoms with Crippen LogP contribution in [0.5, 0.6) is 5.88 Å². The molecule has 2 N–H and O–H groups in total.